The van der Waals surface area contributed by atoms with Crippen molar-refractivity contribution in [2.75, 3.05) is 0 Å². The van der Waals surface area contributed by atoms with E-state index in [2.05, 4.69) is 49.7 Å². The quantitative estimate of drug-likeness (QED) is 0.710. The Bertz CT molecular complexity index is 426. The summed E-state index contributed by atoms with van der Waals surface area (Å²) in [4.78, 5) is 4.24. The summed E-state index contributed by atoms with van der Waals surface area (Å²) in [6.45, 7) is 4.19. The summed E-state index contributed by atoms with van der Waals surface area (Å²) in [7, 11) is 0. The highest BCUT2D eigenvalue weighted by Gasteiger charge is 2.14. The zero-order chi connectivity index (χ0) is 9.47. The largest absolute Gasteiger partial charge is 0.245 e. The van der Waals surface area contributed by atoms with Gasteiger partial charge in [-0.15, -0.1) is 11.3 Å². The minimum Gasteiger partial charge on any atom is -0.245 e. The van der Waals surface area contributed by atoms with Crippen LogP contribution in [0.15, 0.2) is 23.7 Å². The zero-order valence-corrected chi connectivity index (χ0v) is 9.32. The second kappa shape index (κ2) is 3.00. The number of hydrogen-bond acceptors (Lipinski definition) is 3. The van der Waals surface area contributed by atoms with E-state index < -0.39 is 0 Å². The fourth-order valence-electron chi connectivity index (χ4n) is 1.24. The fraction of sp³-hybridized carbons (Fsp3) is 0.300. The minimum atomic E-state index is -0.0713. The van der Waals surface area contributed by atoms with Crippen LogP contribution in [0, 0.1) is 0 Å². The van der Waals surface area contributed by atoms with Crippen molar-refractivity contribution >= 4 is 34.2 Å². The van der Waals surface area contributed by atoms with E-state index in [4.69, 9.17) is 0 Å². The van der Waals surface area contributed by atoms with Gasteiger partial charge in [0.2, 0.25) is 0 Å². The molecule has 0 unspecified atom stereocenters. The number of hydrogen-bond donors (Lipinski definition) is 1. The van der Waals surface area contributed by atoms with Gasteiger partial charge in [0, 0.05) is 4.75 Å². The van der Waals surface area contributed by atoms with Crippen LogP contribution in [-0.4, -0.2) is 4.98 Å². The maximum Gasteiger partial charge on any atom is 0.0812 e. The van der Waals surface area contributed by atoms with Crippen molar-refractivity contribution in [3.63, 3.8) is 0 Å². The van der Waals surface area contributed by atoms with E-state index >= 15 is 0 Å². The lowest BCUT2D eigenvalue weighted by molar-refractivity contribution is 0.793. The third-order valence-corrected chi connectivity index (χ3v) is 3.09. The molecule has 0 aliphatic heterocycles. The van der Waals surface area contributed by atoms with Gasteiger partial charge >= 0.3 is 0 Å². The highest BCUT2D eigenvalue weighted by molar-refractivity contribution is 7.81. The van der Waals surface area contributed by atoms with Crippen molar-refractivity contribution in [1.29, 1.82) is 0 Å². The molecule has 2 aromatic rings. The molecule has 0 aliphatic carbocycles. The van der Waals surface area contributed by atoms with Crippen LogP contribution in [0.5, 0.6) is 0 Å². The van der Waals surface area contributed by atoms with E-state index in [1.54, 1.807) is 11.3 Å². The molecule has 0 amide bonds. The van der Waals surface area contributed by atoms with Crippen LogP contribution in [0.4, 0.5) is 0 Å². The van der Waals surface area contributed by atoms with Gasteiger partial charge in [0.1, 0.15) is 0 Å². The average molecular weight is 209 g/mol. The van der Waals surface area contributed by atoms with Crippen LogP contribution in [0.3, 0.4) is 0 Å². The Morgan fingerprint density at radius 2 is 2.15 bits per heavy atom. The fourth-order valence-corrected chi connectivity index (χ4v) is 2.09. The van der Waals surface area contributed by atoms with E-state index in [0.29, 0.717) is 0 Å². The van der Waals surface area contributed by atoms with Crippen molar-refractivity contribution in [3.05, 3.63) is 29.3 Å². The van der Waals surface area contributed by atoms with E-state index in [0.717, 1.165) is 5.52 Å². The first kappa shape index (κ1) is 9.03. The zero-order valence-electron chi connectivity index (χ0n) is 7.61. The lowest BCUT2D eigenvalue weighted by atomic mass is 10.0. The first-order valence-electron chi connectivity index (χ1n) is 4.13. The molecule has 0 saturated heterocycles. The van der Waals surface area contributed by atoms with E-state index in [9.17, 15) is 0 Å². The molecule has 0 aliphatic rings. The SMILES string of the molecule is CC(C)(S)c1ccc2ncsc2c1. The second-order valence-corrected chi connectivity index (χ2v) is 5.60. The van der Waals surface area contributed by atoms with Crippen LogP contribution >= 0.6 is 24.0 Å². The molecule has 2 rings (SSSR count). The molecule has 3 heteroatoms. The molecule has 0 atom stereocenters. The maximum atomic E-state index is 4.53. The Morgan fingerprint density at radius 3 is 2.85 bits per heavy atom. The summed E-state index contributed by atoms with van der Waals surface area (Å²) in [5, 5.41) is 0. The minimum absolute atomic E-state index is 0.0713. The number of thiazole rings is 1. The summed E-state index contributed by atoms with van der Waals surface area (Å²) in [6, 6.07) is 6.31. The third-order valence-electron chi connectivity index (χ3n) is 2.04. The average Bonchev–Trinajstić information content (AvgIpc) is 2.47. The molecule has 1 aromatic carbocycles. The maximum absolute atomic E-state index is 4.53. The molecule has 0 fully saturated rings. The molecule has 1 heterocycles. The molecule has 0 bridgehead atoms. The molecule has 0 radical (unpaired) electrons. The van der Waals surface area contributed by atoms with Crippen LogP contribution in [0.25, 0.3) is 10.2 Å². The number of nitrogens with zero attached hydrogens (tertiary/aromatic N) is 1. The van der Waals surface area contributed by atoms with Gasteiger partial charge in [-0.2, -0.15) is 12.6 Å². The van der Waals surface area contributed by atoms with Crippen LogP contribution in [0.2, 0.25) is 0 Å². The van der Waals surface area contributed by atoms with Crippen molar-refractivity contribution in [2.45, 2.75) is 18.6 Å². The summed E-state index contributed by atoms with van der Waals surface area (Å²) in [5.41, 5.74) is 4.19. The topological polar surface area (TPSA) is 12.9 Å². The van der Waals surface area contributed by atoms with Gasteiger partial charge in [-0.25, -0.2) is 4.98 Å². The van der Waals surface area contributed by atoms with Crippen LogP contribution in [-0.2, 0) is 4.75 Å². The van der Waals surface area contributed by atoms with Gasteiger partial charge in [0.05, 0.1) is 15.7 Å². The Hall–Kier alpha value is -0.540. The molecule has 0 spiro atoms. The third kappa shape index (κ3) is 1.71. The Kier molecular flexibility index (Phi) is 2.08. The Balaban J connectivity index is 2.61. The molecule has 0 N–H and O–H groups in total. The lowest BCUT2D eigenvalue weighted by Crippen LogP contribution is -2.06. The molecule has 13 heavy (non-hydrogen) atoms. The standard InChI is InChI=1S/C10H11NS2/c1-10(2,12)7-3-4-8-9(5-7)13-6-11-8/h3-6,12H,1-2H3. The van der Waals surface area contributed by atoms with Crippen molar-refractivity contribution in [1.82, 2.24) is 4.98 Å². The van der Waals surface area contributed by atoms with E-state index in [1.165, 1.54) is 10.3 Å². The smallest absolute Gasteiger partial charge is 0.0812 e. The normalized spacial score (nSPS) is 12.2. The van der Waals surface area contributed by atoms with Gasteiger partial charge < -0.3 is 0 Å². The Morgan fingerprint density at radius 1 is 1.38 bits per heavy atom. The van der Waals surface area contributed by atoms with Crippen molar-refractivity contribution < 1.29 is 0 Å². The van der Waals surface area contributed by atoms with Crippen LogP contribution < -0.4 is 0 Å². The van der Waals surface area contributed by atoms with Gasteiger partial charge in [0.15, 0.2) is 0 Å². The van der Waals surface area contributed by atoms with Crippen LogP contribution in [0.1, 0.15) is 19.4 Å². The lowest BCUT2D eigenvalue weighted by Gasteiger charge is -2.17. The summed E-state index contributed by atoms with van der Waals surface area (Å²) >= 11 is 6.21. The monoisotopic (exact) mass is 209 g/mol. The summed E-state index contributed by atoms with van der Waals surface area (Å²) in [5.74, 6) is 0. The van der Waals surface area contributed by atoms with E-state index in [-0.39, 0.29) is 4.75 Å². The molecule has 68 valence electrons. The number of benzene rings is 1. The Labute approximate surface area is 87.2 Å². The first-order chi connectivity index (χ1) is 6.07. The van der Waals surface area contributed by atoms with Crippen molar-refractivity contribution in [2.24, 2.45) is 0 Å². The van der Waals surface area contributed by atoms with Gasteiger partial charge in [-0.05, 0) is 31.5 Å². The first-order valence-corrected chi connectivity index (χ1v) is 5.46. The van der Waals surface area contributed by atoms with Crippen molar-refractivity contribution in [3.8, 4) is 0 Å². The summed E-state index contributed by atoms with van der Waals surface area (Å²) in [6.07, 6.45) is 0. The molecule has 1 aromatic heterocycles. The molecule has 0 saturated carbocycles. The highest BCUT2D eigenvalue weighted by Crippen LogP contribution is 2.30. The number of fused-ring (bicyclic) bond motifs is 1. The molecule has 1 nitrogen and oxygen atoms in total. The second-order valence-electron chi connectivity index (χ2n) is 3.59. The van der Waals surface area contributed by atoms with E-state index in [1.807, 2.05) is 5.51 Å². The summed E-state index contributed by atoms with van der Waals surface area (Å²) < 4.78 is 1.16. The molecular formula is C10H11NS2. The van der Waals surface area contributed by atoms with Gasteiger partial charge in [-0.1, -0.05) is 6.07 Å². The predicted octanol–water partition coefficient (Wildman–Crippen LogP) is 3.46. The number of thiol groups is 1. The highest BCUT2D eigenvalue weighted by atomic mass is 32.1. The predicted molar refractivity (Wildman–Crippen MR) is 61.6 cm³/mol. The number of aromatic nitrogens is 1. The van der Waals surface area contributed by atoms with Gasteiger partial charge in [0.25, 0.3) is 0 Å². The van der Waals surface area contributed by atoms with Gasteiger partial charge in [-0.3, -0.25) is 0 Å². The number of rotatable bonds is 1. The molecular weight excluding hydrogens is 198 g/mol.